The molecule has 0 fully saturated rings. The summed E-state index contributed by atoms with van der Waals surface area (Å²) in [6, 6.07) is 13.2. The predicted molar refractivity (Wildman–Crippen MR) is 110 cm³/mol. The number of hydrogen-bond acceptors (Lipinski definition) is 6. The molecule has 0 bridgehead atoms. The summed E-state index contributed by atoms with van der Waals surface area (Å²) in [6.45, 7) is 9.57. The van der Waals surface area contributed by atoms with Crippen LogP contribution in [0.2, 0.25) is 0 Å². The van der Waals surface area contributed by atoms with Gasteiger partial charge in [-0.15, -0.1) is 0 Å². The average Bonchev–Trinajstić information content (AvgIpc) is 3.09. The van der Waals surface area contributed by atoms with Crippen LogP contribution in [0.3, 0.4) is 0 Å². The van der Waals surface area contributed by atoms with E-state index in [2.05, 4.69) is 15.6 Å². The maximum absolute atomic E-state index is 12.6. The average molecular weight is 395 g/mol. The van der Waals surface area contributed by atoms with Crippen LogP contribution in [-0.4, -0.2) is 28.4 Å². The van der Waals surface area contributed by atoms with Gasteiger partial charge >= 0.3 is 0 Å². The Labute approximate surface area is 170 Å². The largest absolute Gasteiger partial charge is 0.491 e. The summed E-state index contributed by atoms with van der Waals surface area (Å²) in [6.07, 6.45) is -0.634. The number of nitrogens with zero attached hydrogens (tertiary/aromatic N) is 2. The maximum Gasteiger partial charge on any atom is 0.266 e. The first-order valence-corrected chi connectivity index (χ1v) is 9.47. The smallest absolute Gasteiger partial charge is 0.266 e. The van der Waals surface area contributed by atoms with E-state index in [0.29, 0.717) is 11.4 Å². The quantitative estimate of drug-likeness (QED) is 0.632. The molecule has 0 aliphatic rings. The number of rotatable bonds is 7. The lowest BCUT2D eigenvalue weighted by Crippen LogP contribution is -2.30. The van der Waals surface area contributed by atoms with Crippen molar-refractivity contribution in [2.24, 2.45) is 0 Å². The highest BCUT2D eigenvalue weighted by Gasteiger charge is 2.20. The third-order valence-electron chi connectivity index (χ3n) is 4.11. The van der Waals surface area contributed by atoms with Crippen molar-refractivity contribution >= 4 is 11.7 Å². The number of carbonyl (C=O) groups is 1. The number of carbonyl (C=O) groups excluding carboxylic acids is 1. The molecule has 1 N–H and O–H groups in total. The first-order chi connectivity index (χ1) is 13.8. The molecule has 0 unspecified atom stereocenters. The number of ether oxygens (including phenoxy) is 2. The van der Waals surface area contributed by atoms with Gasteiger partial charge in [-0.1, -0.05) is 6.07 Å². The molecule has 0 saturated carbocycles. The molecule has 152 valence electrons. The normalized spacial score (nSPS) is 11.9. The highest BCUT2D eigenvalue weighted by Crippen LogP contribution is 2.27. The van der Waals surface area contributed by atoms with Crippen LogP contribution >= 0.6 is 0 Å². The molecule has 1 amide bonds. The fraction of sp³-hybridized carbons (Fsp3) is 0.318. The molecule has 3 aromatic rings. The summed E-state index contributed by atoms with van der Waals surface area (Å²) in [4.78, 5) is 12.6. The first kappa shape index (κ1) is 20.4. The molecule has 7 nitrogen and oxygen atoms in total. The Balaban J connectivity index is 1.69. The van der Waals surface area contributed by atoms with Crippen LogP contribution in [-0.2, 0) is 4.79 Å². The Morgan fingerprint density at radius 3 is 2.21 bits per heavy atom. The monoisotopic (exact) mass is 395 g/mol. The summed E-state index contributed by atoms with van der Waals surface area (Å²) in [5, 5.41) is 10.5. The van der Waals surface area contributed by atoms with Gasteiger partial charge in [-0.3, -0.25) is 4.79 Å². The molecular formula is C22H25N3O4. The topological polar surface area (TPSA) is 86.5 Å². The molecule has 1 heterocycles. The predicted octanol–water partition coefficient (Wildman–Crippen LogP) is 4.55. The van der Waals surface area contributed by atoms with E-state index in [9.17, 15) is 4.79 Å². The molecule has 0 radical (unpaired) electrons. The Hall–Kier alpha value is -3.35. The molecule has 1 atom stereocenters. The molecule has 2 aromatic carbocycles. The van der Waals surface area contributed by atoms with E-state index in [0.717, 1.165) is 22.4 Å². The molecule has 0 aliphatic carbocycles. The Bertz CT molecular complexity index is 960. The van der Waals surface area contributed by atoms with Gasteiger partial charge in [0, 0.05) is 5.56 Å². The van der Waals surface area contributed by atoms with Crippen LogP contribution in [0.4, 0.5) is 5.82 Å². The lowest BCUT2D eigenvalue weighted by Gasteiger charge is -2.15. The molecule has 0 saturated heterocycles. The zero-order chi connectivity index (χ0) is 21.0. The van der Waals surface area contributed by atoms with Crippen molar-refractivity contribution in [1.29, 1.82) is 0 Å². The first-order valence-electron chi connectivity index (χ1n) is 9.47. The number of aryl methyl sites for hydroxylation is 2. The van der Waals surface area contributed by atoms with E-state index in [4.69, 9.17) is 14.1 Å². The van der Waals surface area contributed by atoms with Gasteiger partial charge in [-0.25, -0.2) is 4.63 Å². The van der Waals surface area contributed by atoms with E-state index in [-0.39, 0.29) is 17.8 Å². The number of nitrogens with one attached hydrogen (secondary N) is 1. The number of hydrogen-bond donors (Lipinski definition) is 1. The highest BCUT2D eigenvalue weighted by atomic mass is 16.6. The van der Waals surface area contributed by atoms with Crippen molar-refractivity contribution in [3.05, 3.63) is 53.6 Å². The summed E-state index contributed by atoms with van der Waals surface area (Å²) < 4.78 is 16.3. The zero-order valence-corrected chi connectivity index (χ0v) is 17.2. The Morgan fingerprint density at radius 2 is 1.59 bits per heavy atom. The van der Waals surface area contributed by atoms with E-state index in [1.54, 1.807) is 6.92 Å². The summed E-state index contributed by atoms with van der Waals surface area (Å²) in [5.41, 5.74) is 3.33. The number of benzene rings is 2. The molecule has 0 aliphatic heterocycles. The second kappa shape index (κ2) is 8.77. The standard InChI is InChI=1S/C22H25N3O4/c1-13(2)27-18-8-6-17(7-9-18)20-21(25-29-24-20)23-22(26)16(5)28-19-11-14(3)10-15(4)12-19/h6-13,16H,1-5H3,(H,23,25,26)/t16-/m0/s1. The van der Waals surface area contributed by atoms with Gasteiger partial charge in [-0.05, 0) is 92.5 Å². The summed E-state index contributed by atoms with van der Waals surface area (Å²) >= 11 is 0. The third-order valence-corrected chi connectivity index (χ3v) is 4.11. The van der Waals surface area contributed by atoms with Gasteiger partial charge in [-0.2, -0.15) is 0 Å². The minimum Gasteiger partial charge on any atom is -0.491 e. The van der Waals surface area contributed by atoms with Crippen molar-refractivity contribution in [3.8, 4) is 22.8 Å². The Morgan fingerprint density at radius 1 is 0.931 bits per heavy atom. The number of aromatic nitrogens is 2. The fourth-order valence-electron chi connectivity index (χ4n) is 2.90. The van der Waals surface area contributed by atoms with Crippen LogP contribution in [0.15, 0.2) is 47.1 Å². The second-order valence-corrected chi connectivity index (χ2v) is 7.23. The van der Waals surface area contributed by atoms with E-state index < -0.39 is 6.10 Å². The van der Waals surface area contributed by atoms with Crippen molar-refractivity contribution in [1.82, 2.24) is 10.3 Å². The van der Waals surface area contributed by atoms with Gasteiger partial charge in [0.05, 0.1) is 6.10 Å². The minimum absolute atomic E-state index is 0.0862. The van der Waals surface area contributed by atoms with E-state index in [1.165, 1.54) is 0 Å². The third kappa shape index (κ3) is 5.34. The second-order valence-electron chi connectivity index (χ2n) is 7.23. The minimum atomic E-state index is -0.720. The lowest BCUT2D eigenvalue weighted by molar-refractivity contribution is -0.122. The number of anilines is 1. The van der Waals surface area contributed by atoms with Gasteiger partial charge in [0.2, 0.25) is 5.82 Å². The van der Waals surface area contributed by atoms with E-state index in [1.807, 2.05) is 70.2 Å². The number of amides is 1. The van der Waals surface area contributed by atoms with Crippen molar-refractivity contribution in [2.75, 3.05) is 5.32 Å². The van der Waals surface area contributed by atoms with Crippen LogP contribution in [0.25, 0.3) is 11.3 Å². The molecular weight excluding hydrogens is 370 g/mol. The fourth-order valence-corrected chi connectivity index (χ4v) is 2.90. The van der Waals surface area contributed by atoms with Crippen molar-refractivity contribution < 1.29 is 18.9 Å². The van der Waals surface area contributed by atoms with Crippen LogP contribution in [0, 0.1) is 13.8 Å². The molecule has 3 rings (SSSR count). The van der Waals surface area contributed by atoms with Crippen LogP contribution < -0.4 is 14.8 Å². The summed E-state index contributed by atoms with van der Waals surface area (Å²) in [7, 11) is 0. The lowest BCUT2D eigenvalue weighted by atomic mass is 10.1. The molecule has 1 aromatic heterocycles. The zero-order valence-electron chi connectivity index (χ0n) is 17.2. The Kier molecular flexibility index (Phi) is 6.16. The maximum atomic E-state index is 12.6. The van der Waals surface area contributed by atoms with Crippen molar-refractivity contribution in [3.63, 3.8) is 0 Å². The molecule has 7 heteroatoms. The van der Waals surface area contributed by atoms with Gasteiger partial charge in [0.1, 0.15) is 11.5 Å². The van der Waals surface area contributed by atoms with Crippen molar-refractivity contribution in [2.45, 2.75) is 46.8 Å². The van der Waals surface area contributed by atoms with Crippen LogP contribution in [0.1, 0.15) is 31.9 Å². The molecule has 0 spiro atoms. The van der Waals surface area contributed by atoms with E-state index >= 15 is 0 Å². The molecule has 29 heavy (non-hydrogen) atoms. The highest BCUT2D eigenvalue weighted by molar-refractivity contribution is 5.96. The SMILES string of the molecule is Cc1cc(C)cc(O[C@@H](C)C(=O)Nc2nonc2-c2ccc(OC(C)C)cc2)c1. The summed E-state index contributed by atoms with van der Waals surface area (Å²) in [5.74, 6) is 1.29. The van der Waals surface area contributed by atoms with Gasteiger partial charge in [0.25, 0.3) is 5.91 Å². The van der Waals surface area contributed by atoms with Gasteiger partial charge < -0.3 is 14.8 Å². The van der Waals surface area contributed by atoms with Crippen LogP contribution in [0.5, 0.6) is 11.5 Å². The van der Waals surface area contributed by atoms with Gasteiger partial charge in [0.15, 0.2) is 11.8 Å².